The van der Waals surface area contributed by atoms with Crippen LogP contribution in [0.5, 0.6) is 0 Å². The number of hydrogen-bond acceptors (Lipinski definition) is 3. The number of aromatic nitrogens is 1. The minimum atomic E-state index is -0.238. The van der Waals surface area contributed by atoms with Crippen LogP contribution in [0, 0.1) is 20.8 Å². The van der Waals surface area contributed by atoms with Crippen molar-refractivity contribution in [3.05, 3.63) is 81.6 Å². The normalized spacial score (nSPS) is 12.3. The highest BCUT2D eigenvalue weighted by atomic mass is 79.9. The summed E-state index contributed by atoms with van der Waals surface area (Å²) in [5.41, 5.74) is 8.08. The van der Waals surface area contributed by atoms with E-state index in [1.54, 1.807) is 6.21 Å². The first kappa shape index (κ1) is 21.4. The van der Waals surface area contributed by atoms with Crippen molar-refractivity contribution in [1.29, 1.82) is 0 Å². The van der Waals surface area contributed by atoms with E-state index >= 15 is 0 Å². The van der Waals surface area contributed by atoms with Gasteiger partial charge in [0.05, 0.1) is 11.5 Å². The number of nitrogens with one attached hydrogen (secondary N) is 1. The van der Waals surface area contributed by atoms with Gasteiger partial charge in [-0.05, 0) is 67.9 Å². The third-order valence-electron chi connectivity index (χ3n) is 4.70. The zero-order valence-corrected chi connectivity index (χ0v) is 19.3. The fraction of sp³-hybridized carbons (Fsp3) is 0.217. The Labute approximate surface area is 184 Å². The number of thioether (sulfide) groups is 1. The molecule has 0 unspecified atom stereocenters. The van der Waals surface area contributed by atoms with Gasteiger partial charge < -0.3 is 4.57 Å². The van der Waals surface area contributed by atoms with E-state index in [9.17, 15) is 4.79 Å². The number of carbonyl (C=O) groups is 1. The second kappa shape index (κ2) is 9.46. The molecule has 0 aliphatic heterocycles. The molecule has 3 aromatic rings. The van der Waals surface area contributed by atoms with Gasteiger partial charge in [0.2, 0.25) is 0 Å². The zero-order chi connectivity index (χ0) is 21.0. The Morgan fingerprint density at radius 2 is 1.72 bits per heavy atom. The number of hydrogen-bond donors (Lipinski definition) is 1. The lowest BCUT2D eigenvalue weighted by Crippen LogP contribution is -2.26. The molecule has 0 saturated carbocycles. The summed E-state index contributed by atoms with van der Waals surface area (Å²) < 4.78 is 3.15. The maximum absolute atomic E-state index is 12.4. The average molecular weight is 470 g/mol. The minimum Gasteiger partial charge on any atom is -0.317 e. The van der Waals surface area contributed by atoms with Crippen LogP contribution in [0.2, 0.25) is 0 Å². The molecule has 1 N–H and O–H groups in total. The van der Waals surface area contributed by atoms with Crippen molar-refractivity contribution in [2.24, 2.45) is 5.10 Å². The Balaban J connectivity index is 1.73. The Hall–Kier alpha value is -2.31. The fourth-order valence-corrected chi connectivity index (χ4v) is 4.51. The molecule has 150 valence electrons. The van der Waals surface area contributed by atoms with Gasteiger partial charge in [0.25, 0.3) is 5.91 Å². The maximum atomic E-state index is 12.4. The van der Waals surface area contributed by atoms with Gasteiger partial charge in [-0.25, -0.2) is 5.43 Å². The molecule has 0 fully saturated rings. The first-order valence-electron chi connectivity index (χ1n) is 9.37. The molecule has 0 radical (unpaired) electrons. The standard InChI is InChI=1S/C23H24BrN3OS/c1-15-10-12-19(13-11-15)27-16(2)21(22(24)17(27)3)14-25-26-23(28)18(4)29-20-8-6-5-7-9-20/h5-14,18H,1-4H3,(H,26,28)/b25-14-/t18-/m0/s1. The van der Waals surface area contributed by atoms with Crippen LogP contribution in [0.1, 0.15) is 29.4 Å². The van der Waals surface area contributed by atoms with E-state index in [-0.39, 0.29) is 11.2 Å². The Kier molecular flexibility index (Phi) is 6.98. The van der Waals surface area contributed by atoms with Gasteiger partial charge >= 0.3 is 0 Å². The molecule has 2 aromatic carbocycles. The molecule has 6 heteroatoms. The molecule has 3 rings (SSSR count). The van der Waals surface area contributed by atoms with Crippen LogP contribution in [0.4, 0.5) is 0 Å². The Morgan fingerprint density at radius 3 is 2.38 bits per heavy atom. The molecule has 0 spiro atoms. The Morgan fingerprint density at radius 1 is 1.07 bits per heavy atom. The number of halogens is 1. The zero-order valence-electron chi connectivity index (χ0n) is 16.9. The van der Waals surface area contributed by atoms with Crippen LogP contribution < -0.4 is 5.43 Å². The second-order valence-electron chi connectivity index (χ2n) is 6.88. The average Bonchev–Trinajstić information content (AvgIpc) is 2.92. The fourth-order valence-electron chi connectivity index (χ4n) is 3.06. The number of carbonyl (C=O) groups excluding carboxylic acids is 1. The molecule has 1 aromatic heterocycles. The van der Waals surface area contributed by atoms with Crippen LogP contribution in [0.25, 0.3) is 5.69 Å². The first-order chi connectivity index (χ1) is 13.9. The number of hydrazone groups is 1. The molecular formula is C23H24BrN3OS. The van der Waals surface area contributed by atoms with Gasteiger partial charge in [-0.2, -0.15) is 5.10 Å². The molecule has 0 aliphatic carbocycles. The van der Waals surface area contributed by atoms with Gasteiger partial charge in [0.15, 0.2) is 0 Å². The molecule has 1 atom stereocenters. The summed E-state index contributed by atoms with van der Waals surface area (Å²) in [6.45, 7) is 8.06. The third kappa shape index (κ3) is 5.00. The van der Waals surface area contributed by atoms with Crippen molar-refractivity contribution in [3.8, 4) is 5.69 Å². The van der Waals surface area contributed by atoms with E-state index in [1.807, 2.05) is 37.3 Å². The van der Waals surface area contributed by atoms with Crippen LogP contribution in [0.3, 0.4) is 0 Å². The summed E-state index contributed by atoms with van der Waals surface area (Å²) in [6.07, 6.45) is 1.70. The van der Waals surface area contributed by atoms with Crippen molar-refractivity contribution in [3.63, 3.8) is 0 Å². The van der Waals surface area contributed by atoms with Gasteiger partial charge in [0, 0.05) is 32.0 Å². The number of amides is 1. The molecule has 1 amide bonds. The summed E-state index contributed by atoms with van der Waals surface area (Å²) in [5, 5.41) is 3.97. The van der Waals surface area contributed by atoms with E-state index in [2.05, 4.69) is 76.1 Å². The van der Waals surface area contributed by atoms with Crippen molar-refractivity contribution in [2.45, 2.75) is 37.8 Å². The molecular weight excluding hydrogens is 446 g/mol. The maximum Gasteiger partial charge on any atom is 0.253 e. The summed E-state index contributed by atoms with van der Waals surface area (Å²) in [7, 11) is 0. The monoisotopic (exact) mass is 469 g/mol. The van der Waals surface area contributed by atoms with Crippen LogP contribution in [0.15, 0.2) is 69.1 Å². The molecule has 29 heavy (non-hydrogen) atoms. The molecule has 0 bridgehead atoms. The molecule has 0 aliphatic rings. The van der Waals surface area contributed by atoms with Crippen LogP contribution in [-0.4, -0.2) is 21.9 Å². The van der Waals surface area contributed by atoms with E-state index in [0.29, 0.717) is 0 Å². The van der Waals surface area contributed by atoms with Crippen LogP contribution >= 0.6 is 27.7 Å². The van der Waals surface area contributed by atoms with E-state index < -0.39 is 0 Å². The predicted octanol–water partition coefficient (Wildman–Crippen LogP) is 5.80. The summed E-state index contributed by atoms with van der Waals surface area (Å²) in [4.78, 5) is 13.4. The highest BCUT2D eigenvalue weighted by Crippen LogP contribution is 2.29. The van der Waals surface area contributed by atoms with E-state index in [0.717, 1.165) is 32.0 Å². The topological polar surface area (TPSA) is 46.4 Å². The second-order valence-corrected chi connectivity index (χ2v) is 9.08. The predicted molar refractivity (Wildman–Crippen MR) is 125 cm³/mol. The molecule has 1 heterocycles. The highest BCUT2D eigenvalue weighted by molar-refractivity contribution is 9.10. The summed E-state index contributed by atoms with van der Waals surface area (Å²) in [6, 6.07) is 18.3. The molecule has 0 saturated heterocycles. The summed E-state index contributed by atoms with van der Waals surface area (Å²) >= 11 is 5.19. The summed E-state index contributed by atoms with van der Waals surface area (Å²) in [5.74, 6) is -0.126. The number of rotatable bonds is 6. The number of aryl methyl sites for hydroxylation is 1. The largest absolute Gasteiger partial charge is 0.317 e. The Bertz CT molecular complexity index is 1030. The van der Waals surface area contributed by atoms with Crippen molar-refractivity contribution in [1.82, 2.24) is 9.99 Å². The lowest BCUT2D eigenvalue weighted by atomic mass is 10.2. The highest BCUT2D eigenvalue weighted by Gasteiger charge is 2.17. The third-order valence-corrected chi connectivity index (χ3v) is 6.81. The smallest absolute Gasteiger partial charge is 0.253 e. The van der Waals surface area contributed by atoms with Crippen molar-refractivity contribution >= 4 is 39.8 Å². The van der Waals surface area contributed by atoms with Gasteiger partial charge in [-0.1, -0.05) is 35.9 Å². The number of benzene rings is 2. The van der Waals surface area contributed by atoms with E-state index in [1.165, 1.54) is 17.3 Å². The minimum absolute atomic E-state index is 0.126. The van der Waals surface area contributed by atoms with Crippen molar-refractivity contribution in [2.75, 3.05) is 0 Å². The van der Waals surface area contributed by atoms with E-state index in [4.69, 9.17) is 0 Å². The number of nitrogens with zero attached hydrogens (tertiary/aromatic N) is 2. The quantitative estimate of drug-likeness (QED) is 0.281. The van der Waals surface area contributed by atoms with Gasteiger partial charge in [-0.3, -0.25) is 4.79 Å². The van der Waals surface area contributed by atoms with Crippen molar-refractivity contribution < 1.29 is 4.79 Å². The van der Waals surface area contributed by atoms with Crippen LogP contribution in [-0.2, 0) is 4.79 Å². The first-order valence-corrected chi connectivity index (χ1v) is 11.0. The lowest BCUT2D eigenvalue weighted by molar-refractivity contribution is -0.120. The van der Waals surface area contributed by atoms with Gasteiger partial charge in [-0.15, -0.1) is 11.8 Å². The van der Waals surface area contributed by atoms with Gasteiger partial charge in [0.1, 0.15) is 0 Å². The molecule has 4 nitrogen and oxygen atoms in total. The lowest BCUT2D eigenvalue weighted by Gasteiger charge is -2.10. The SMILES string of the molecule is Cc1ccc(-n2c(C)c(Br)c(/C=N\NC(=O)[C@H](C)Sc3ccccc3)c2C)cc1.